The molecule has 5 heteroatoms. The zero-order valence-electron chi connectivity index (χ0n) is 22.7. The van der Waals surface area contributed by atoms with Crippen LogP contribution in [0.25, 0.3) is 21.5 Å². The number of fused-ring (bicyclic) bond motifs is 2. The monoisotopic (exact) mass is 658 g/mol. The van der Waals surface area contributed by atoms with Gasteiger partial charge in [0.1, 0.15) is 0 Å². The standard InChI is InChI=1S/2C18H15NS.Pd/c2*1-13(19-17-8-4-5-9-18(17)20)15-11-10-14-6-2-3-7-16(14)12-15;/h2*2-12,20H,1H3;/q;;+2/p-2. The quantitative estimate of drug-likeness (QED) is 0.107. The van der Waals surface area contributed by atoms with E-state index >= 15 is 0 Å². The van der Waals surface area contributed by atoms with E-state index in [0.29, 0.717) is 0 Å². The van der Waals surface area contributed by atoms with Crippen molar-refractivity contribution in [2.45, 2.75) is 23.6 Å². The maximum atomic E-state index is 5.29. The molecule has 2 nitrogen and oxygen atoms in total. The van der Waals surface area contributed by atoms with E-state index in [4.69, 9.17) is 25.3 Å². The van der Waals surface area contributed by atoms with Crippen LogP contribution in [-0.2, 0) is 45.7 Å². The molecule has 0 fully saturated rings. The van der Waals surface area contributed by atoms with Crippen LogP contribution in [0.4, 0.5) is 11.4 Å². The molecule has 0 saturated heterocycles. The smallest absolute Gasteiger partial charge is 0.778 e. The molecule has 0 aliphatic carbocycles. The first kappa shape index (κ1) is 30.2. The van der Waals surface area contributed by atoms with Crippen molar-refractivity contribution in [3.8, 4) is 0 Å². The van der Waals surface area contributed by atoms with E-state index in [1.807, 2.05) is 62.4 Å². The van der Waals surface area contributed by atoms with Crippen molar-refractivity contribution in [2.24, 2.45) is 9.98 Å². The van der Waals surface area contributed by atoms with Gasteiger partial charge in [-0.25, -0.2) is 0 Å². The third-order valence-electron chi connectivity index (χ3n) is 6.64. The van der Waals surface area contributed by atoms with E-state index in [2.05, 4.69) is 94.9 Å². The summed E-state index contributed by atoms with van der Waals surface area (Å²) < 4.78 is 0. The Morgan fingerprint density at radius 3 is 1.17 bits per heavy atom. The Morgan fingerprint density at radius 2 is 0.780 bits per heavy atom. The van der Waals surface area contributed by atoms with Crippen LogP contribution in [0.15, 0.2) is 153 Å². The summed E-state index contributed by atoms with van der Waals surface area (Å²) in [6.07, 6.45) is 0. The molecular weight excluding hydrogens is 631 g/mol. The summed E-state index contributed by atoms with van der Waals surface area (Å²) in [6.45, 7) is 4.04. The molecule has 6 aromatic carbocycles. The Labute approximate surface area is 266 Å². The summed E-state index contributed by atoms with van der Waals surface area (Å²) in [5, 5.41) is 4.94. The van der Waals surface area contributed by atoms with Crippen molar-refractivity contribution in [2.75, 3.05) is 0 Å². The first-order valence-corrected chi connectivity index (χ1v) is 13.9. The maximum Gasteiger partial charge on any atom is 2.00 e. The molecule has 0 bridgehead atoms. The van der Waals surface area contributed by atoms with Gasteiger partial charge in [-0.2, -0.15) is 0 Å². The van der Waals surface area contributed by atoms with Crippen molar-refractivity contribution in [3.63, 3.8) is 0 Å². The summed E-state index contributed by atoms with van der Waals surface area (Å²) in [6, 6.07) is 45.0. The second kappa shape index (κ2) is 14.3. The molecule has 0 aliphatic rings. The van der Waals surface area contributed by atoms with E-state index in [9.17, 15) is 0 Å². The third kappa shape index (κ3) is 7.73. The van der Waals surface area contributed by atoms with Crippen LogP contribution in [-0.4, -0.2) is 11.4 Å². The molecule has 0 atom stereocenters. The molecular formula is C36H28N2PdS2. The van der Waals surface area contributed by atoms with Gasteiger partial charge in [-0.05, 0) is 70.8 Å². The molecule has 6 aromatic rings. The van der Waals surface area contributed by atoms with Crippen LogP contribution in [0.2, 0.25) is 0 Å². The van der Waals surface area contributed by atoms with Gasteiger partial charge in [0, 0.05) is 22.8 Å². The fraction of sp³-hybridized carbons (Fsp3) is 0.0556. The van der Waals surface area contributed by atoms with Gasteiger partial charge in [-0.3, -0.25) is 9.98 Å². The van der Waals surface area contributed by atoms with Gasteiger partial charge in [0.05, 0.1) is 0 Å². The molecule has 41 heavy (non-hydrogen) atoms. The fourth-order valence-electron chi connectivity index (χ4n) is 4.42. The van der Waals surface area contributed by atoms with Gasteiger partial charge in [-0.1, -0.05) is 109 Å². The summed E-state index contributed by atoms with van der Waals surface area (Å²) in [7, 11) is 0. The van der Waals surface area contributed by atoms with Gasteiger partial charge >= 0.3 is 20.4 Å². The molecule has 0 saturated carbocycles. The van der Waals surface area contributed by atoms with Gasteiger partial charge in [0.15, 0.2) is 0 Å². The van der Waals surface area contributed by atoms with Gasteiger partial charge in [-0.15, -0.1) is 9.79 Å². The number of benzene rings is 6. The fourth-order valence-corrected chi connectivity index (χ4v) is 4.80. The molecule has 0 aromatic heterocycles. The van der Waals surface area contributed by atoms with E-state index in [1.54, 1.807) is 0 Å². The molecule has 0 N–H and O–H groups in total. The number of hydrogen-bond donors (Lipinski definition) is 0. The Kier molecular flexibility index (Phi) is 10.5. The summed E-state index contributed by atoms with van der Waals surface area (Å²) in [5.74, 6) is 0. The summed E-state index contributed by atoms with van der Waals surface area (Å²) in [4.78, 5) is 10.9. The number of hydrogen-bond acceptors (Lipinski definition) is 4. The number of para-hydroxylation sites is 2. The van der Waals surface area contributed by atoms with Crippen LogP contribution < -0.4 is 0 Å². The van der Waals surface area contributed by atoms with Gasteiger partial charge < -0.3 is 25.3 Å². The number of nitrogens with zero attached hydrogens (tertiary/aromatic N) is 2. The van der Waals surface area contributed by atoms with Crippen LogP contribution in [0, 0.1) is 0 Å². The first-order chi connectivity index (χ1) is 19.5. The molecule has 0 radical (unpaired) electrons. The van der Waals surface area contributed by atoms with E-state index in [0.717, 1.165) is 43.7 Å². The zero-order valence-corrected chi connectivity index (χ0v) is 25.9. The Hall–Kier alpha value is -3.72. The predicted molar refractivity (Wildman–Crippen MR) is 176 cm³/mol. The van der Waals surface area contributed by atoms with Gasteiger partial charge in [0.2, 0.25) is 0 Å². The van der Waals surface area contributed by atoms with Crippen molar-refractivity contribution < 1.29 is 20.4 Å². The molecule has 6 rings (SSSR count). The van der Waals surface area contributed by atoms with E-state index in [-0.39, 0.29) is 20.4 Å². The molecule has 0 aliphatic heterocycles. The molecule has 0 amide bonds. The minimum absolute atomic E-state index is 0. The maximum absolute atomic E-state index is 5.29. The van der Waals surface area contributed by atoms with Crippen LogP contribution in [0.5, 0.6) is 0 Å². The number of aliphatic imine (C=N–C) groups is 2. The molecule has 0 spiro atoms. The van der Waals surface area contributed by atoms with Crippen LogP contribution >= 0.6 is 0 Å². The van der Waals surface area contributed by atoms with Gasteiger partial charge in [0.25, 0.3) is 0 Å². The minimum atomic E-state index is 0. The zero-order chi connectivity index (χ0) is 27.9. The minimum Gasteiger partial charge on any atom is -0.778 e. The summed E-state index contributed by atoms with van der Waals surface area (Å²) in [5.41, 5.74) is 5.92. The largest absolute Gasteiger partial charge is 2.00 e. The third-order valence-corrected chi connectivity index (χ3v) is 7.33. The predicted octanol–water partition coefficient (Wildman–Crippen LogP) is 9.77. The molecule has 0 heterocycles. The van der Waals surface area contributed by atoms with E-state index in [1.165, 1.54) is 21.5 Å². The average molecular weight is 659 g/mol. The normalized spacial score (nSPS) is 11.5. The average Bonchev–Trinajstić information content (AvgIpc) is 2.99. The van der Waals surface area contributed by atoms with Crippen molar-refractivity contribution in [1.82, 2.24) is 0 Å². The number of rotatable bonds is 4. The van der Waals surface area contributed by atoms with Crippen molar-refractivity contribution in [1.29, 1.82) is 0 Å². The Morgan fingerprint density at radius 1 is 0.439 bits per heavy atom. The second-order valence-electron chi connectivity index (χ2n) is 9.45. The Bertz CT molecular complexity index is 1720. The Balaban J connectivity index is 0.000000184. The second-order valence-corrected chi connectivity index (χ2v) is 10.3. The summed E-state index contributed by atoms with van der Waals surface area (Å²) >= 11 is 10.6. The first-order valence-electron chi connectivity index (χ1n) is 13.1. The topological polar surface area (TPSA) is 24.7 Å². The van der Waals surface area contributed by atoms with Crippen molar-refractivity contribution in [3.05, 3.63) is 145 Å². The van der Waals surface area contributed by atoms with Crippen LogP contribution in [0.3, 0.4) is 0 Å². The molecule has 0 unspecified atom stereocenters. The van der Waals surface area contributed by atoms with Crippen LogP contribution in [0.1, 0.15) is 25.0 Å². The SMILES string of the molecule is CC(=Nc1ccccc1[S-])c1ccc2ccccc2c1.CC(=Nc1ccccc1[S-])c1ccc2ccccc2c1.[Pd+2]. The van der Waals surface area contributed by atoms with Crippen molar-refractivity contribution >= 4 is 69.6 Å². The van der Waals surface area contributed by atoms with E-state index < -0.39 is 0 Å². The molecule has 204 valence electrons.